The van der Waals surface area contributed by atoms with Crippen molar-refractivity contribution in [1.29, 1.82) is 0 Å². The number of hydrogen-bond acceptors (Lipinski definition) is 2. The summed E-state index contributed by atoms with van der Waals surface area (Å²) in [5, 5.41) is 0. The van der Waals surface area contributed by atoms with Crippen LogP contribution in [0, 0.1) is 5.92 Å². The molecule has 2 N–H and O–H groups in total. The normalized spacial score (nSPS) is 17.8. The van der Waals surface area contributed by atoms with E-state index in [4.69, 9.17) is 5.73 Å². The molecule has 1 unspecified atom stereocenters. The van der Waals surface area contributed by atoms with Crippen molar-refractivity contribution in [2.75, 3.05) is 11.5 Å². The van der Waals surface area contributed by atoms with Crippen molar-refractivity contribution < 1.29 is 0 Å². The van der Waals surface area contributed by atoms with Gasteiger partial charge in [0.15, 0.2) is 0 Å². The van der Waals surface area contributed by atoms with E-state index in [0.29, 0.717) is 0 Å². The van der Waals surface area contributed by atoms with E-state index in [1.807, 2.05) is 11.8 Å². The van der Waals surface area contributed by atoms with Gasteiger partial charge in [-0.3, -0.25) is 0 Å². The van der Waals surface area contributed by atoms with Crippen LogP contribution in [0.5, 0.6) is 0 Å². The molecule has 0 aliphatic heterocycles. The maximum absolute atomic E-state index is 6.29. The Morgan fingerprint density at radius 2 is 2.06 bits per heavy atom. The number of nitrogens with two attached hydrogens (primary N) is 1. The molecule has 0 bridgehead atoms. The van der Waals surface area contributed by atoms with Crippen LogP contribution in [-0.4, -0.2) is 11.5 Å². The molecule has 0 radical (unpaired) electrons. The van der Waals surface area contributed by atoms with Crippen molar-refractivity contribution in [2.45, 2.75) is 45.1 Å². The molecule has 1 aliphatic carbocycles. The van der Waals surface area contributed by atoms with E-state index in [1.165, 1.54) is 36.1 Å². The van der Waals surface area contributed by atoms with E-state index in [9.17, 15) is 0 Å². The van der Waals surface area contributed by atoms with Gasteiger partial charge < -0.3 is 5.73 Å². The summed E-state index contributed by atoms with van der Waals surface area (Å²) in [5.41, 5.74) is 9.11. The third kappa shape index (κ3) is 3.76. The Hall–Kier alpha value is -0.470. The molecule has 1 aromatic rings. The van der Waals surface area contributed by atoms with Crippen molar-refractivity contribution in [3.8, 4) is 0 Å². The zero-order valence-corrected chi connectivity index (χ0v) is 12.4. The molecule has 1 aromatic carbocycles. The molecule has 2 heteroatoms. The van der Waals surface area contributed by atoms with Crippen LogP contribution < -0.4 is 5.73 Å². The van der Waals surface area contributed by atoms with Crippen LogP contribution in [0.2, 0.25) is 0 Å². The maximum Gasteiger partial charge on any atom is 0.0386 e. The van der Waals surface area contributed by atoms with Crippen LogP contribution >= 0.6 is 11.8 Å². The molecular weight excluding hydrogens is 238 g/mol. The molecule has 0 spiro atoms. The highest BCUT2D eigenvalue weighted by molar-refractivity contribution is 7.99. The predicted molar refractivity (Wildman–Crippen MR) is 82.1 cm³/mol. The van der Waals surface area contributed by atoms with E-state index >= 15 is 0 Å². The quantitative estimate of drug-likeness (QED) is 0.826. The summed E-state index contributed by atoms with van der Waals surface area (Å²) in [6.07, 6.45) is 4.12. The highest BCUT2D eigenvalue weighted by atomic mass is 32.2. The summed E-state index contributed by atoms with van der Waals surface area (Å²) in [6.45, 7) is 4.52. The van der Waals surface area contributed by atoms with E-state index in [-0.39, 0.29) is 6.04 Å². The second-order valence-corrected chi connectivity index (χ2v) is 6.91. The van der Waals surface area contributed by atoms with Gasteiger partial charge in [-0.25, -0.2) is 0 Å². The first kappa shape index (κ1) is 14.0. The molecule has 1 nitrogen and oxygen atoms in total. The Labute approximate surface area is 116 Å². The first-order chi connectivity index (χ1) is 8.66. The number of rotatable bonds is 6. The molecule has 0 amide bonds. The molecule has 1 atom stereocenters. The summed E-state index contributed by atoms with van der Waals surface area (Å²) < 4.78 is 0. The molecule has 18 heavy (non-hydrogen) atoms. The molecule has 1 saturated carbocycles. The second-order valence-electron chi connectivity index (χ2n) is 5.84. The topological polar surface area (TPSA) is 26.0 Å². The fourth-order valence-corrected chi connectivity index (χ4v) is 3.37. The average molecular weight is 263 g/mol. The Morgan fingerprint density at radius 1 is 1.28 bits per heavy atom. The van der Waals surface area contributed by atoms with Gasteiger partial charge in [0.2, 0.25) is 0 Å². The molecule has 1 fully saturated rings. The van der Waals surface area contributed by atoms with Gasteiger partial charge in [-0.15, -0.1) is 0 Å². The Morgan fingerprint density at radius 3 is 2.67 bits per heavy atom. The van der Waals surface area contributed by atoms with E-state index < -0.39 is 0 Å². The minimum absolute atomic E-state index is 0.189. The van der Waals surface area contributed by atoms with Crippen molar-refractivity contribution in [2.24, 2.45) is 11.7 Å². The van der Waals surface area contributed by atoms with Crippen LogP contribution in [0.1, 0.15) is 56.2 Å². The number of hydrogen-bond donors (Lipinski definition) is 1. The Bertz CT molecular complexity index is 371. The van der Waals surface area contributed by atoms with E-state index in [1.54, 1.807) is 0 Å². The summed E-state index contributed by atoms with van der Waals surface area (Å²) >= 11 is 1.97. The molecule has 0 saturated heterocycles. The maximum atomic E-state index is 6.29. The standard InChI is InChI=1S/C16H25NS/c1-12(2)10-18-11-16(17)15-8-4-7-14(9-15)13-5-3-6-13/h4,7-9,12-13,16H,3,5-6,10-11,17H2,1-2H3. The highest BCUT2D eigenvalue weighted by Gasteiger charge is 2.20. The van der Waals surface area contributed by atoms with Crippen LogP contribution in [0.3, 0.4) is 0 Å². The van der Waals surface area contributed by atoms with Gasteiger partial charge in [0.25, 0.3) is 0 Å². The zero-order valence-electron chi connectivity index (χ0n) is 11.6. The minimum Gasteiger partial charge on any atom is -0.323 e. The van der Waals surface area contributed by atoms with Crippen LogP contribution in [0.25, 0.3) is 0 Å². The molecular formula is C16H25NS. The third-order valence-corrected chi connectivity index (χ3v) is 5.16. The summed E-state index contributed by atoms with van der Waals surface area (Å²) in [7, 11) is 0. The monoisotopic (exact) mass is 263 g/mol. The lowest BCUT2D eigenvalue weighted by Gasteiger charge is -2.26. The molecule has 2 rings (SSSR count). The van der Waals surface area contributed by atoms with Gasteiger partial charge in [-0.05, 0) is 41.6 Å². The second kappa shape index (κ2) is 6.63. The van der Waals surface area contributed by atoms with Gasteiger partial charge in [0, 0.05) is 11.8 Å². The average Bonchev–Trinajstić information content (AvgIpc) is 2.26. The van der Waals surface area contributed by atoms with Crippen molar-refractivity contribution in [1.82, 2.24) is 0 Å². The Balaban J connectivity index is 1.90. The van der Waals surface area contributed by atoms with E-state index in [2.05, 4.69) is 38.1 Å². The van der Waals surface area contributed by atoms with Crippen LogP contribution in [0.15, 0.2) is 24.3 Å². The smallest absolute Gasteiger partial charge is 0.0386 e. The van der Waals surface area contributed by atoms with Gasteiger partial charge >= 0.3 is 0 Å². The fraction of sp³-hybridized carbons (Fsp3) is 0.625. The first-order valence-electron chi connectivity index (χ1n) is 7.10. The third-order valence-electron chi connectivity index (χ3n) is 3.66. The highest BCUT2D eigenvalue weighted by Crippen LogP contribution is 2.37. The lowest BCUT2D eigenvalue weighted by molar-refractivity contribution is 0.419. The largest absolute Gasteiger partial charge is 0.323 e. The fourth-order valence-electron chi connectivity index (χ4n) is 2.31. The minimum atomic E-state index is 0.189. The lowest BCUT2D eigenvalue weighted by atomic mass is 9.79. The van der Waals surface area contributed by atoms with Crippen LogP contribution in [0.4, 0.5) is 0 Å². The zero-order chi connectivity index (χ0) is 13.0. The first-order valence-corrected chi connectivity index (χ1v) is 8.25. The van der Waals surface area contributed by atoms with Gasteiger partial charge in [-0.1, -0.05) is 44.5 Å². The lowest BCUT2D eigenvalue weighted by Crippen LogP contribution is -2.15. The van der Waals surface area contributed by atoms with Crippen molar-refractivity contribution >= 4 is 11.8 Å². The summed E-state index contributed by atoms with van der Waals surface area (Å²) in [6, 6.07) is 9.15. The Kier molecular flexibility index (Phi) is 5.13. The van der Waals surface area contributed by atoms with Crippen molar-refractivity contribution in [3.63, 3.8) is 0 Å². The van der Waals surface area contributed by atoms with Gasteiger partial charge in [0.05, 0.1) is 0 Å². The van der Waals surface area contributed by atoms with E-state index in [0.717, 1.165) is 17.6 Å². The summed E-state index contributed by atoms with van der Waals surface area (Å²) in [5.74, 6) is 3.80. The SMILES string of the molecule is CC(C)CSCC(N)c1cccc(C2CCC2)c1. The van der Waals surface area contributed by atoms with Gasteiger partial charge in [-0.2, -0.15) is 11.8 Å². The predicted octanol–water partition coefficient (Wildman–Crippen LogP) is 4.34. The van der Waals surface area contributed by atoms with Gasteiger partial charge in [0.1, 0.15) is 0 Å². The molecule has 0 heterocycles. The molecule has 100 valence electrons. The van der Waals surface area contributed by atoms with Crippen molar-refractivity contribution in [3.05, 3.63) is 35.4 Å². The molecule has 0 aromatic heterocycles. The summed E-state index contributed by atoms with van der Waals surface area (Å²) in [4.78, 5) is 0. The molecule has 1 aliphatic rings. The van der Waals surface area contributed by atoms with Crippen LogP contribution in [-0.2, 0) is 0 Å². The number of thioether (sulfide) groups is 1. The number of benzene rings is 1.